The van der Waals surface area contributed by atoms with Crippen LogP contribution in [0, 0.1) is 6.92 Å². The van der Waals surface area contributed by atoms with E-state index in [1.165, 1.54) is 0 Å². The monoisotopic (exact) mass is 217 g/mol. The lowest BCUT2D eigenvalue weighted by atomic mass is 10.1. The number of nitrogens with two attached hydrogens (primary N) is 1. The molecule has 1 heterocycles. The lowest BCUT2D eigenvalue weighted by Gasteiger charge is -2.01. The third-order valence-electron chi connectivity index (χ3n) is 2.44. The molecule has 0 radical (unpaired) electrons. The molecular weight excluding hydrogens is 202 g/mol. The van der Waals surface area contributed by atoms with Gasteiger partial charge in [0.25, 0.3) is 5.89 Å². The van der Waals surface area contributed by atoms with Gasteiger partial charge in [0.1, 0.15) is 0 Å². The molecule has 2 N–H and O–H groups in total. The molecule has 0 amide bonds. The number of rotatable bonds is 2. The average molecular weight is 217 g/mol. The van der Waals surface area contributed by atoms with Gasteiger partial charge >= 0.3 is 0 Å². The third kappa shape index (κ3) is 1.91. The van der Waals surface area contributed by atoms with E-state index in [4.69, 9.17) is 10.3 Å². The minimum atomic E-state index is 0.270. The van der Waals surface area contributed by atoms with Gasteiger partial charge in [0.05, 0.1) is 0 Å². The molecule has 84 valence electrons. The predicted octanol–water partition coefficient (Wildman–Crippen LogP) is 2.75. The van der Waals surface area contributed by atoms with Crippen molar-refractivity contribution in [1.82, 2.24) is 10.1 Å². The number of benzene rings is 1. The van der Waals surface area contributed by atoms with E-state index in [9.17, 15) is 0 Å². The molecule has 0 aliphatic heterocycles. The van der Waals surface area contributed by atoms with Crippen molar-refractivity contribution in [3.63, 3.8) is 0 Å². The summed E-state index contributed by atoms with van der Waals surface area (Å²) in [7, 11) is 0. The van der Waals surface area contributed by atoms with Crippen molar-refractivity contribution >= 4 is 5.69 Å². The summed E-state index contributed by atoms with van der Waals surface area (Å²) in [5, 5.41) is 3.94. The van der Waals surface area contributed by atoms with Gasteiger partial charge in [-0.05, 0) is 30.7 Å². The van der Waals surface area contributed by atoms with E-state index >= 15 is 0 Å². The second-order valence-corrected chi connectivity index (χ2v) is 4.19. The summed E-state index contributed by atoms with van der Waals surface area (Å²) in [6.07, 6.45) is 0. The molecule has 4 nitrogen and oxygen atoms in total. The van der Waals surface area contributed by atoms with Crippen molar-refractivity contribution in [1.29, 1.82) is 0 Å². The molecule has 0 spiro atoms. The molecule has 2 rings (SSSR count). The minimum Gasteiger partial charge on any atom is -0.399 e. The van der Waals surface area contributed by atoms with E-state index in [1.807, 2.05) is 39.0 Å². The maximum absolute atomic E-state index is 5.69. The van der Waals surface area contributed by atoms with E-state index < -0.39 is 0 Å². The summed E-state index contributed by atoms with van der Waals surface area (Å²) >= 11 is 0. The smallest absolute Gasteiger partial charge is 0.258 e. The Kier molecular flexibility index (Phi) is 2.64. The number of anilines is 1. The SMILES string of the molecule is Cc1cc(N)ccc1-c1nc(C(C)C)no1. The molecule has 0 saturated heterocycles. The fourth-order valence-electron chi connectivity index (χ4n) is 1.51. The zero-order valence-electron chi connectivity index (χ0n) is 9.69. The Bertz CT molecular complexity index is 503. The Hall–Kier alpha value is -1.84. The quantitative estimate of drug-likeness (QED) is 0.785. The zero-order chi connectivity index (χ0) is 11.7. The van der Waals surface area contributed by atoms with Crippen molar-refractivity contribution in [3.8, 4) is 11.5 Å². The standard InChI is InChI=1S/C12H15N3O/c1-7(2)11-14-12(16-15-11)10-5-4-9(13)6-8(10)3/h4-7H,13H2,1-3H3. The maximum Gasteiger partial charge on any atom is 0.258 e. The van der Waals surface area contributed by atoms with Gasteiger partial charge in [-0.1, -0.05) is 19.0 Å². The van der Waals surface area contributed by atoms with Crippen LogP contribution in [0.4, 0.5) is 5.69 Å². The van der Waals surface area contributed by atoms with E-state index in [-0.39, 0.29) is 5.92 Å². The van der Waals surface area contributed by atoms with E-state index in [2.05, 4.69) is 10.1 Å². The molecule has 0 atom stereocenters. The van der Waals surface area contributed by atoms with Crippen LogP contribution in [0.2, 0.25) is 0 Å². The highest BCUT2D eigenvalue weighted by atomic mass is 16.5. The van der Waals surface area contributed by atoms with E-state index in [0.29, 0.717) is 5.89 Å². The fourth-order valence-corrected chi connectivity index (χ4v) is 1.51. The summed E-state index contributed by atoms with van der Waals surface area (Å²) in [5.74, 6) is 1.55. The highest BCUT2D eigenvalue weighted by molar-refractivity contribution is 5.62. The first kappa shape index (κ1) is 10.7. The Labute approximate surface area is 94.5 Å². The van der Waals surface area contributed by atoms with Gasteiger partial charge in [-0.25, -0.2) is 0 Å². The van der Waals surface area contributed by atoms with Crippen LogP contribution in [0.15, 0.2) is 22.7 Å². The van der Waals surface area contributed by atoms with E-state index in [0.717, 1.165) is 22.6 Å². The maximum atomic E-state index is 5.69. The van der Waals surface area contributed by atoms with Crippen LogP contribution in [-0.2, 0) is 0 Å². The highest BCUT2D eigenvalue weighted by Crippen LogP contribution is 2.24. The molecule has 0 saturated carbocycles. The van der Waals surface area contributed by atoms with Gasteiger partial charge in [0.15, 0.2) is 5.82 Å². The van der Waals surface area contributed by atoms with Crippen molar-refractivity contribution in [2.24, 2.45) is 0 Å². The van der Waals surface area contributed by atoms with Crippen molar-refractivity contribution in [2.45, 2.75) is 26.7 Å². The minimum absolute atomic E-state index is 0.270. The average Bonchev–Trinajstić information content (AvgIpc) is 2.66. The highest BCUT2D eigenvalue weighted by Gasteiger charge is 2.12. The molecule has 2 aromatic rings. The fraction of sp³-hybridized carbons (Fsp3) is 0.333. The summed E-state index contributed by atoms with van der Waals surface area (Å²) in [5.41, 5.74) is 8.41. The molecule has 0 fully saturated rings. The van der Waals surface area contributed by atoms with Gasteiger partial charge in [0.2, 0.25) is 0 Å². The van der Waals surface area contributed by atoms with Crippen molar-refractivity contribution < 1.29 is 4.52 Å². The first-order valence-electron chi connectivity index (χ1n) is 5.28. The first-order chi connectivity index (χ1) is 7.58. The molecule has 1 aromatic heterocycles. The number of aryl methyl sites for hydroxylation is 1. The number of hydrogen-bond donors (Lipinski definition) is 1. The molecule has 0 bridgehead atoms. The van der Waals surface area contributed by atoms with E-state index in [1.54, 1.807) is 0 Å². The van der Waals surface area contributed by atoms with Crippen LogP contribution in [-0.4, -0.2) is 10.1 Å². The van der Waals surface area contributed by atoms with Crippen LogP contribution in [0.1, 0.15) is 31.2 Å². The van der Waals surface area contributed by atoms with Crippen LogP contribution in [0.5, 0.6) is 0 Å². The molecule has 0 unspecified atom stereocenters. The van der Waals surface area contributed by atoms with Crippen LogP contribution < -0.4 is 5.73 Å². The molecule has 0 aliphatic carbocycles. The van der Waals surface area contributed by atoms with Crippen molar-refractivity contribution in [3.05, 3.63) is 29.6 Å². The van der Waals surface area contributed by atoms with Gasteiger partial charge < -0.3 is 10.3 Å². The lowest BCUT2D eigenvalue weighted by Crippen LogP contribution is -1.91. The normalized spacial score (nSPS) is 11.0. The summed E-state index contributed by atoms with van der Waals surface area (Å²) in [4.78, 5) is 4.35. The Morgan fingerprint density at radius 1 is 1.31 bits per heavy atom. The second kappa shape index (κ2) is 3.96. The summed E-state index contributed by atoms with van der Waals surface area (Å²) < 4.78 is 5.23. The second-order valence-electron chi connectivity index (χ2n) is 4.19. The molecular formula is C12H15N3O. The number of hydrogen-bond acceptors (Lipinski definition) is 4. The largest absolute Gasteiger partial charge is 0.399 e. The number of nitrogens with zero attached hydrogens (tertiary/aromatic N) is 2. The number of aromatic nitrogens is 2. The van der Waals surface area contributed by atoms with Gasteiger partial charge in [-0.15, -0.1) is 0 Å². The molecule has 0 aliphatic rings. The zero-order valence-corrected chi connectivity index (χ0v) is 9.69. The number of nitrogen functional groups attached to an aromatic ring is 1. The Balaban J connectivity index is 2.42. The molecule has 1 aromatic carbocycles. The van der Waals surface area contributed by atoms with Crippen molar-refractivity contribution in [2.75, 3.05) is 5.73 Å². The topological polar surface area (TPSA) is 64.9 Å². The van der Waals surface area contributed by atoms with Crippen LogP contribution in [0.25, 0.3) is 11.5 Å². The summed E-state index contributed by atoms with van der Waals surface area (Å²) in [6, 6.07) is 5.64. The third-order valence-corrected chi connectivity index (χ3v) is 2.44. The first-order valence-corrected chi connectivity index (χ1v) is 5.28. The Morgan fingerprint density at radius 2 is 2.06 bits per heavy atom. The van der Waals surface area contributed by atoms with Gasteiger partial charge in [-0.2, -0.15) is 4.98 Å². The van der Waals surface area contributed by atoms with Crippen LogP contribution in [0.3, 0.4) is 0 Å². The predicted molar refractivity (Wildman–Crippen MR) is 63.0 cm³/mol. The molecule has 4 heteroatoms. The Morgan fingerprint density at radius 3 is 2.62 bits per heavy atom. The molecule has 16 heavy (non-hydrogen) atoms. The van der Waals surface area contributed by atoms with Gasteiger partial charge in [-0.3, -0.25) is 0 Å². The van der Waals surface area contributed by atoms with Crippen LogP contribution >= 0.6 is 0 Å². The van der Waals surface area contributed by atoms with Gasteiger partial charge in [0, 0.05) is 17.2 Å². The lowest BCUT2D eigenvalue weighted by molar-refractivity contribution is 0.419. The summed E-state index contributed by atoms with van der Waals surface area (Å²) in [6.45, 7) is 6.04.